The summed E-state index contributed by atoms with van der Waals surface area (Å²) in [5, 5.41) is 3.40. The lowest BCUT2D eigenvalue weighted by molar-refractivity contribution is -0.139. The highest BCUT2D eigenvalue weighted by Crippen LogP contribution is 2.27. The number of rotatable bonds is 7. The molecule has 1 atom stereocenters. The molecule has 1 aliphatic rings. The predicted octanol–water partition coefficient (Wildman–Crippen LogP) is 1.63. The highest BCUT2D eigenvalue weighted by Gasteiger charge is 2.49. The van der Waals surface area contributed by atoms with E-state index in [9.17, 15) is 14.4 Å². The first-order chi connectivity index (χ1) is 13.8. The second kappa shape index (κ2) is 8.32. The zero-order valence-electron chi connectivity index (χ0n) is 16.6. The Morgan fingerprint density at radius 3 is 2.41 bits per heavy atom. The van der Waals surface area contributed by atoms with Gasteiger partial charge in [-0.3, -0.25) is 19.9 Å². The van der Waals surface area contributed by atoms with Crippen LogP contribution < -0.4 is 15.5 Å². The maximum Gasteiger partial charge on any atom is 0.344 e. The summed E-state index contributed by atoms with van der Waals surface area (Å²) in [5.41, 5.74) is 2.84. The topological polar surface area (TPSA) is 91.0 Å². The summed E-state index contributed by atoms with van der Waals surface area (Å²) in [6.07, 6.45) is 0. The van der Waals surface area contributed by atoms with Gasteiger partial charge in [-0.1, -0.05) is 42.5 Å². The zero-order valence-corrected chi connectivity index (χ0v) is 16.6. The van der Waals surface area contributed by atoms with Crippen molar-refractivity contribution in [3.63, 3.8) is 0 Å². The van der Waals surface area contributed by atoms with Gasteiger partial charge in [0.2, 0.25) is 0 Å². The number of methoxy groups -OCH3 is 1. The van der Waals surface area contributed by atoms with Crippen molar-refractivity contribution in [1.29, 1.82) is 0 Å². The summed E-state index contributed by atoms with van der Waals surface area (Å²) in [7, 11) is 3.38. The van der Waals surface area contributed by atoms with E-state index < -0.39 is 23.4 Å². The van der Waals surface area contributed by atoms with Crippen molar-refractivity contribution >= 4 is 17.8 Å². The molecule has 1 fully saturated rings. The molecular weight excluding hydrogens is 372 g/mol. The van der Waals surface area contributed by atoms with Gasteiger partial charge in [-0.05, 0) is 37.2 Å². The number of hydrogen-bond donors (Lipinski definition) is 2. The van der Waals surface area contributed by atoms with Gasteiger partial charge in [0.15, 0.2) is 0 Å². The molecule has 2 aromatic carbocycles. The minimum atomic E-state index is -1.22. The van der Waals surface area contributed by atoms with Crippen LogP contribution in [0.4, 0.5) is 4.79 Å². The molecule has 152 valence electrons. The fourth-order valence-electron chi connectivity index (χ4n) is 3.21. The van der Waals surface area contributed by atoms with E-state index in [1.807, 2.05) is 30.3 Å². The van der Waals surface area contributed by atoms with E-state index in [2.05, 4.69) is 10.7 Å². The lowest BCUT2D eigenvalue weighted by Gasteiger charge is -2.22. The molecule has 4 amide bonds. The third-order valence-corrected chi connectivity index (χ3v) is 4.80. The largest absolute Gasteiger partial charge is 0.497 e. The van der Waals surface area contributed by atoms with Gasteiger partial charge < -0.3 is 10.1 Å². The Labute approximate surface area is 169 Å². The molecule has 29 heavy (non-hydrogen) atoms. The first-order valence-corrected chi connectivity index (χ1v) is 9.16. The van der Waals surface area contributed by atoms with Crippen molar-refractivity contribution in [2.45, 2.75) is 19.0 Å². The molecule has 0 bridgehead atoms. The van der Waals surface area contributed by atoms with Gasteiger partial charge in [0.1, 0.15) is 11.3 Å². The van der Waals surface area contributed by atoms with Crippen molar-refractivity contribution < 1.29 is 19.1 Å². The van der Waals surface area contributed by atoms with Crippen LogP contribution in [0.3, 0.4) is 0 Å². The standard InChI is InChI=1S/C21H24N4O4/c1-21(16-7-5-4-6-8-16)19(27)25(20(28)22-21)23-18(26)14-24(2)13-15-9-11-17(29-3)12-10-15/h4-12H,13-14H2,1-3H3,(H,22,28)(H,23,26)/t21-/m0/s1. The van der Waals surface area contributed by atoms with Gasteiger partial charge in [-0.15, -0.1) is 0 Å². The van der Waals surface area contributed by atoms with Gasteiger partial charge >= 0.3 is 6.03 Å². The van der Waals surface area contributed by atoms with Gasteiger partial charge in [-0.25, -0.2) is 4.79 Å². The van der Waals surface area contributed by atoms with Crippen LogP contribution >= 0.6 is 0 Å². The number of ether oxygens (including phenoxy) is 1. The fourth-order valence-corrected chi connectivity index (χ4v) is 3.21. The molecular formula is C21H24N4O4. The normalized spacial score (nSPS) is 18.7. The number of hydrazine groups is 1. The number of carbonyl (C=O) groups excluding carboxylic acids is 3. The molecule has 8 heteroatoms. The summed E-state index contributed by atoms with van der Waals surface area (Å²) in [4.78, 5) is 39.3. The first kappa shape index (κ1) is 20.3. The zero-order chi connectivity index (χ0) is 21.0. The predicted molar refractivity (Wildman–Crippen MR) is 107 cm³/mol. The molecule has 0 unspecified atom stereocenters. The second-order valence-corrected chi connectivity index (χ2v) is 7.12. The monoisotopic (exact) mass is 396 g/mol. The molecule has 3 rings (SSSR count). The summed E-state index contributed by atoms with van der Waals surface area (Å²) in [6.45, 7) is 2.16. The van der Waals surface area contributed by atoms with Crippen molar-refractivity contribution in [2.75, 3.05) is 20.7 Å². The number of nitrogens with zero attached hydrogens (tertiary/aromatic N) is 2. The summed E-state index contributed by atoms with van der Waals surface area (Å²) >= 11 is 0. The van der Waals surface area contributed by atoms with Crippen molar-refractivity contribution in [1.82, 2.24) is 20.7 Å². The average molecular weight is 396 g/mol. The molecule has 2 aromatic rings. The number of carbonyl (C=O) groups is 3. The lowest BCUT2D eigenvalue weighted by atomic mass is 9.92. The van der Waals surface area contributed by atoms with Crippen LogP contribution in [0.2, 0.25) is 0 Å². The molecule has 0 spiro atoms. The Hall–Kier alpha value is -3.39. The molecule has 1 saturated heterocycles. The number of benzene rings is 2. The van der Waals surface area contributed by atoms with E-state index in [1.54, 1.807) is 50.2 Å². The molecule has 2 N–H and O–H groups in total. The van der Waals surface area contributed by atoms with Crippen LogP contribution in [0, 0.1) is 0 Å². The second-order valence-electron chi connectivity index (χ2n) is 7.12. The van der Waals surface area contributed by atoms with E-state index in [1.165, 1.54) is 0 Å². The quantitative estimate of drug-likeness (QED) is 0.694. The SMILES string of the molecule is COc1ccc(CN(C)CC(=O)NN2C(=O)N[C@@](C)(c3ccccc3)C2=O)cc1. The van der Waals surface area contributed by atoms with Gasteiger partial charge in [0, 0.05) is 6.54 Å². The van der Waals surface area contributed by atoms with Crippen LogP contribution in [-0.4, -0.2) is 48.5 Å². The maximum atomic E-state index is 12.8. The van der Waals surface area contributed by atoms with Crippen LogP contribution in [0.25, 0.3) is 0 Å². The van der Waals surface area contributed by atoms with Crippen LogP contribution in [0.1, 0.15) is 18.1 Å². The Morgan fingerprint density at radius 2 is 1.79 bits per heavy atom. The Kier molecular flexibility index (Phi) is 5.84. The Morgan fingerprint density at radius 1 is 1.14 bits per heavy atom. The number of hydrogen-bond acceptors (Lipinski definition) is 5. The third kappa shape index (κ3) is 4.38. The Bertz CT molecular complexity index is 901. The lowest BCUT2D eigenvalue weighted by Crippen LogP contribution is -2.50. The highest BCUT2D eigenvalue weighted by atomic mass is 16.5. The molecule has 0 radical (unpaired) electrons. The maximum absolute atomic E-state index is 12.8. The number of nitrogens with one attached hydrogen (secondary N) is 2. The third-order valence-electron chi connectivity index (χ3n) is 4.80. The van der Waals surface area contributed by atoms with Crippen molar-refractivity contribution in [3.8, 4) is 5.75 Å². The number of imide groups is 1. The van der Waals surface area contributed by atoms with E-state index in [4.69, 9.17) is 4.74 Å². The summed E-state index contributed by atoms with van der Waals surface area (Å²) in [6, 6.07) is 15.8. The first-order valence-electron chi connectivity index (χ1n) is 9.16. The van der Waals surface area contributed by atoms with E-state index >= 15 is 0 Å². The van der Waals surface area contributed by atoms with E-state index in [0.717, 1.165) is 16.3 Å². The smallest absolute Gasteiger partial charge is 0.344 e. The van der Waals surface area contributed by atoms with E-state index in [-0.39, 0.29) is 6.54 Å². The molecule has 0 aliphatic carbocycles. The average Bonchev–Trinajstić information content (AvgIpc) is 2.93. The highest BCUT2D eigenvalue weighted by molar-refractivity contribution is 6.08. The molecule has 0 aromatic heterocycles. The van der Waals surface area contributed by atoms with Crippen molar-refractivity contribution in [3.05, 3.63) is 65.7 Å². The number of amides is 4. The van der Waals surface area contributed by atoms with Gasteiger partial charge in [-0.2, -0.15) is 5.01 Å². The minimum absolute atomic E-state index is 0.0190. The van der Waals surface area contributed by atoms with Crippen LogP contribution in [0.5, 0.6) is 5.75 Å². The van der Waals surface area contributed by atoms with E-state index in [0.29, 0.717) is 12.1 Å². The molecule has 0 saturated carbocycles. The summed E-state index contributed by atoms with van der Waals surface area (Å²) in [5.74, 6) is -0.226. The number of urea groups is 1. The van der Waals surface area contributed by atoms with Gasteiger partial charge in [0.25, 0.3) is 11.8 Å². The van der Waals surface area contributed by atoms with Crippen LogP contribution in [-0.2, 0) is 21.7 Å². The minimum Gasteiger partial charge on any atom is -0.497 e. The molecule has 8 nitrogen and oxygen atoms in total. The Balaban J connectivity index is 1.59. The summed E-state index contributed by atoms with van der Waals surface area (Å²) < 4.78 is 5.13. The van der Waals surface area contributed by atoms with Crippen molar-refractivity contribution in [2.24, 2.45) is 0 Å². The van der Waals surface area contributed by atoms with Crippen LogP contribution in [0.15, 0.2) is 54.6 Å². The molecule has 1 aliphatic heterocycles. The number of likely N-dealkylation sites (N-methyl/N-ethyl adjacent to an activating group) is 1. The fraction of sp³-hybridized carbons (Fsp3) is 0.286. The molecule has 1 heterocycles. The van der Waals surface area contributed by atoms with Gasteiger partial charge in [0.05, 0.1) is 13.7 Å².